The van der Waals surface area contributed by atoms with E-state index in [-0.39, 0.29) is 16.9 Å². The summed E-state index contributed by atoms with van der Waals surface area (Å²) < 4.78 is 12.2. The van der Waals surface area contributed by atoms with E-state index in [1.165, 1.54) is 22.3 Å². The topological polar surface area (TPSA) is 44.8 Å². The van der Waals surface area contributed by atoms with E-state index in [1.54, 1.807) is 0 Å². The Morgan fingerprint density at radius 1 is 0.607 bits per heavy atom. The molecule has 0 radical (unpaired) electrons. The van der Waals surface area contributed by atoms with Crippen LogP contribution in [0.3, 0.4) is 0 Å². The Morgan fingerprint density at radius 3 is 1.88 bits per heavy atom. The summed E-state index contributed by atoms with van der Waals surface area (Å²) in [4.78, 5) is 2.39. The van der Waals surface area contributed by atoms with Gasteiger partial charge in [-0.05, 0) is 66.6 Å². The summed E-state index contributed by atoms with van der Waals surface area (Å²) in [7, 11) is 0. The number of fused-ring (bicyclic) bond motifs is 4. The number of hydrogen-bond acceptors (Lipinski definition) is 4. The number of anilines is 1. The van der Waals surface area contributed by atoms with Gasteiger partial charge in [-0.2, -0.15) is 0 Å². The Balaban J connectivity index is 0.970. The Labute approximate surface area is 331 Å². The Kier molecular flexibility index (Phi) is 10.1. The van der Waals surface area contributed by atoms with Crippen LogP contribution in [-0.2, 0) is 10.8 Å². The number of quaternary nitrogens is 1. The van der Waals surface area contributed by atoms with Crippen LogP contribution < -0.4 is 19.0 Å². The molecule has 2 atom stereocenters. The molecule has 0 fully saturated rings. The van der Waals surface area contributed by atoms with Gasteiger partial charge in [-0.25, -0.2) is 0 Å². The first-order chi connectivity index (χ1) is 27.2. The van der Waals surface area contributed by atoms with Crippen molar-refractivity contribution in [2.45, 2.75) is 44.6 Å². The zero-order chi connectivity index (χ0) is 38.8. The van der Waals surface area contributed by atoms with E-state index in [4.69, 9.17) is 9.47 Å². The van der Waals surface area contributed by atoms with Gasteiger partial charge in [0.05, 0.1) is 12.0 Å². The molecule has 282 valence electrons. The predicted octanol–water partition coefficient (Wildman–Crippen LogP) is 12.0. The van der Waals surface area contributed by atoms with Crippen molar-refractivity contribution in [2.75, 3.05) is 31.2 Å². The van der Waals surface area contributed by atoms with E-state index in [1.807, 2.05) is 60.7 Å². The van der Waals surface area contributed by atoms with Crippen LogP contribution in [0.15, 0.2) is 182 Å². The van der Waals surface area contributed by atoms with E-state index in [0.29, 0.717) is 19.8 Å². The summed E-state index contributed by atoms with van der Waals surface area (Å²) >= 11 is 0. The SMILES string of the molecule is CC1(C)\C(=C/C=C/C=C/C=C\C2C(C)(C)c3ccccc3[N+]2([O-])CCOc2cccc3ccccc23)N(CCOc2cccc3ccccc23)c2ccccc21. The average molecular weight is 739 g/mol. The fourth-order valence-corrected chi connectivity index (χ4v) is 8.89. The molecule has 2 aliphatic heterocycles. The quantitative estimate of drug-likeness (QED) is 0.0712. The van der Waals surface area contributed by atoms with Gasteiger partial charge in [0.1, 0.15) is 43.0 Å². The summed E-state index contributed by atoms with van der Waals surface area (Å²) in [5.74, 6) is 1.71. The molecule has 0 aromatic heterocycles. The van der Waals surface area contributed by atoms with Crippen LogP contribution >= 0.6 is 0 Å². The lowest BCUT2D eigenvalue weighted by molar-refractivity contribution is 0.217. The minimum atomic E-state index is -0.462. The molecule has 0 spiro atoms. The van der Waals surface area contributed by atoms with E-state index in [0.717, 1.165) is 45.5 Å². The Morgan fingerprint density at radius 2 is 1.16 bits per heavy atom. The molecule has 0 saturated heterocycles. The van der Waals surface area contributed by atoms with Gasteiger partial charge in [0.15, 0.2) is 0 Å². The molecule has 2 unspecified atom stereocenters. The molecule has 0 amide bonds. The highest BCUT2D eigenvalue weighted by molar-refractivity contribution is 5.89. The predicted molar refractivity (Wildman–Crippen MR) is 234 cm³/mol. The number of hydrogen-bond donors (Lipinski definition) is 0. The second-order valence-electron chi connectivity index (χ2n) is 15.9. The van der Waals surface area contributed by atoms with Gasteiger partial charge in [-0.15, -0.1) is 0 Å². The van der Waals surface area contributed by atoms with Crippen LogP contribution in [0.4, 0.5) is 11.4 Å². The van der Waals surface area contributed by atoms with E-state index in [2.05, 4.69) is 148 Å². The van der Waals surface area contributed by atoms with Crippen molar-refractivity contribution in [2.24, 2.45) is 0 Å². The van der Waals surface area contributed by atoms with Gasteiger partial charge in [0.25, 0.3) is 0 Å². The number of rotatable bonds is 12. The van der Waals surface area contributed by atoms with E-state index >= 15 is 0 Å². The molecule has 0 saturated carbocycles. The minimum absolute atomic E-state index is 0.167. The third kappa shape index (κ3) is 6.82. The first-order valence-corrected chi connectivity index (χ1v) is 19.7. The lowest BCUT2D eigenvalue weighted by Crippen LogP contribution is -2.55. The van der Waals surface area contributed by atoms with Gasteiger partial charge < -0.3 is 24.2 Å². The molecule has 0 aliphatic carbocycles. The Bertz CT molecular complexity index is 2480. The summed E-state index contributed by atoms with van der Waals surface area (Å²) in [6.07, 6.45) is 14.6. The van der Waals surface area contributed by atoms with Crippen LogP contribution in [0.1, 0.15) is 38.8 Å². The third-order valence-corrected chi connectivity index (χ3v) is 11.7. The second-order valence-corrected chi connectivity index (χ2v) is 15.9. The molecule has 56 heavy (non-hydrogen) atoms. The van der Waals surface area contributed by atoms with Crippen molar-refractivity contribution >= 4 is 32.9 Å². The first kappa shape index (κ1) is 37.1. The van der Waals surface area contributed by atoms with Crippen molar-refractivity contribution in [3.8, 4) is 11.5 Å². The molecule has 5 nitrogen and oxygen atoms in total. The number of hydroxylamine groups is 2. The van der Waals surface area contributed by atoms with Crippen molar-refractivity contribution in [3.63, 3.8) is 0 Å². The lowest BCUT2D eigenvalue weighted by atomic mass is 9.80. The largest absolute Gasteiger partial charge is 0.627 e. The lowest BCUT2D eigenvalue weighted by Gasteiger charge is -2.45. The zero-order valence-electron chi connectivity index (χ0n) is 32.8. The van der Waals surface area contributed by atoms with Crippen molar-refractivity contribution in [1.29, 1.82) is 0 Å². The number of allylic oxidation sites excluding steroid dienone is 7. The molecule has 6 aromatic carbocycles. The fraction of sp³-hybridized carbons (Fsp3) is 0.216. The molecule has 2 heterocycles. The number of ether oxygens (including phenoxy) is 2. The van der Waals surface area contributed by atoms with E-state index < -0.39 is 4.65 Å². The van der Waals surface area contributed by atoms with Gasteiger partial charge >= 0.3 is 0 Å². The van der Waals surface area contributed by atoms with E-state index in [9.17, 15) is 5.21 Å². The Hall–Kier alpha value is -5.88. The third-order valence-electron chi connectivity index (χ3n) is 11.7. The highest BCUT2D eigenvalue weighted by atomic mass is 16.6. The van der Waals surface area contributed by atoms with Crippen LogP contribution in [0.25, 0.3) is 21.5 Å². The van der Waals surface area contributed by atoms with Gasteiger partial charge in [0.2, 0.25) is 0 Å². The molecule has 8 rings (SSSR count). The standard InChI is InChI=1S/C51H50N2O3/c1-50(2)42-26-14-16-28-44(42)52(34-36-55-46-30-18-22-38-20-10-12-24-40(38)46)48(50)32-8-6-5-7-9-33-49-51(3,4)43-27-15-17-29-45(43)53(49,54)35-37-56-47-31-19-23-39-21-11-13-25-41(39)47/h5-33,49H,34-37H2,1-4H3/b7-5+,8-6+,33-9-,48-32+. The van der Waals surface area contributed by atoms with Gasteiger partial charge in [0, 0.05) is 33.1 Å². The highest BCUT2D eigenvalue weighted by Crippen LogP contribution is 2.50. The highest BCUT2D eigenvalue weighted by Gasteiger charge is 2.51. The summed E-state index contributed by atoms with van der Waals surface area (Å²) in [5, 5.41) is 19.5. The van der Waals surface area contributed by atoms with Crippen molar-refractivity contribution in [3.05, 3.63) is 198 Å². The first-order valence-electron chi connectivity index (χ1n) is 19.7. The summed E-state index contributed by atoms with van der Waals surface area (Å²) in [5.41, 5.74) is 5.15. The second kappa shape index (κ2) is 15.3. The number of nitrogens with zero attached hydrogens (tertiary/aromatic N) is 2. The van der Waals surface area contributed by atoms with Crippen molar-refractivity contribution in [1.82, 2.24) is 4.65 Å². The maximum atomic E-state index is 15.0. The van der Waals surface area contributed by atoms with Crippen LogP contribution in [0.2, 0.25) is 0 Å². The molecule has 0 N–H and O–H groups in total. The minimum Gasteiger partial charge on any atom is -0.627 e. The summed E-state index contributed by atoms with van der Waals surface area (Å²) in [6, 6.07) is 45.3. The van der Waals surface area contributed by atoms with Crippen LogP contribution in [0, 0.1) is 5.21 Å². The molecular weight excluding hydrogens is 689 g/mol. The van der Waals surface area contributed by atoms with Crippen LogP contribution in [0.5, 0.6) is 11.5 Å². The number of benzene rings is 6. The smallest absolute Gasteiger partial charge is 0.138 e. The van der Waals surface area contributed by atoms with Gasteiger partial charge in [-0.3, -0.25) is 0 Å². The monoisotopic (exact) mass is 738 g/mol. The number of para-hydroxylation sites is 2. The molecule has 6 aromatic rings. The van der Waals surface area contributed by atoms with Gasteiger partial charge in [-0.1, -0.05) is 153 Å². The van der Waals surface area contributed by atoms with Crippen LogP contribution in [-0.4, -0.2) is 32.3 Å². The molecule has 2 aliphatic rings. The normalized spacial score (nSPS) is 20.5. The van der Waals surface area contributed by atoms with Crippen molar-refractivity contribution < 1.29 is 9.47 Å². The summed E-state index contributed by atoms with van der Waals surface area (Å²) in [6.45, 7) is 10.8. The average Bonchev–Trinajstić information content (AvgIpc) is 3.53. The maximum absolute atomic E-state index is 15.0. The fourth-order valence-electron chi connectivity index (χ4n) is 8.89. The molecule has 5 heteroatoms. The molecular formula is C51H50N2O3. The maximum Gasteiger partial charge on any atom is 0.138 e. The molecule has 0 bridgehead atoms. The zero-order valence-corrected chi connectivity index (χ0v) is 32.8.